The van der Waals surface area contributed by atoms with E-state index in [4.69, 9.17) is 9.47 Å². The number of ether oxygens (including phenoxy) is 2. The fourth-order valence-electron chi connectivity index (χ4n) is 2.71. The highest BCUT2D eigenvalue weighted by molar-refractivity contribution is 5.91. The summed E-state index contributed by atoms with van der Waals surface area (Å²) >= 11 is 0. The molecule has 0 spiro atoms. The third kappa shape index (κ3) is 5.65. The van der Waals surface area contributed by atoms with E-state index in [1.165, 1.54) is 0 Å². The van der Waals surface area contributed by atoms with Crippen LogP contribution in [0, 0.1) is 0 Å². The first kappa shape index (κ1) is 17.6. The van der Waals surface area contributed by atoms with Gasteiger partial charge in [0.25, 0.3) is 5.91 Å². The maximum absolute atomic E-state index is 12.1. The molecule has 1 saturated heterocycles. The number of carbonyl (C=O) groups is 1. The summed E-state index contributed by atoms with van der Waals surface area (Å²) in [6.07, 6.45) is 4.87. The second-order valence-electron chi connectivity index (χ2n) is 6.11. The molecule has 1 aliphatic rings. The summed E-state index contributed by atoms with van der Waals surface area (Å²) in [5.41, 5.74) is 1.44. The molecular formula is C18H24N4O3. The Morgan fingerprint density at radius 1 is 1.36 bits per heavy atom. The topological polar surface area (TPSA) is 78.3 Å². The average Bonchev–Trinajstić information content (AvgIpc) is 3.30. The zero-order valence-electron chi connectivity index (χ0n) is 14.3. The summed E-state index contributed by atoms with van der Waals surface area (Å²) in [5, 5.41) is 10.8. The molecule has 25 heavy (non-hydrogen) atoms. The molecule has 2 heterocycles. The van der Waals surface area contributed by atoms with Crippen LogP contribution in [0.2, 0.25) is 0 Å². The van der Waals surface area contributed by atoms with Gasteiger partial charge in [0.2, 0.25) is 0 Å². The summed E-state index contributed by atoms with van der Waals surface area (Å²) in [4.78, 5) is 12.1. The first-order chi connectivity index (χ1) is 12.3. The van der Waals surface area contributed by atoms with Crippen LogP contribution in [0.1, 0.15) is 35.3 Å². The summed E-state index contributed by atoms with van der Waals surface area (Å²) in [5.74, 6) is -0.210. The normalized spacial score (nSPS) is 16.9. The summed E-state index contributed by atoms with van der Waals surface area (Å²) in [6.45, 7) is 3.24. The molecule has 3 rings (SSSR count). The van der Waals surface area contributed by atoms with E-state index in [2.05, 4.69) is 15.6 Å². The molecule has 1 aliphatic heterocycles. The van der Waals surface area contributed by atoms with Crippen LogP contribution in [-0.4, -0.2) is 53.4 Å². The van der Waals surface area contributed by atoms with E-state index in [-0.39, 0.29) is 12.0 Å². The lowest BCUT2D eigenvalue weighted by atomic mass is 10.2. The van der Waals surface area contributed by atoms with Gasteiger partial charge in [-0.2, -0.15) is 0 Å². The molecule has 1 amide bonds. The predicted octanol–water partition coefficient (Wildman–Crippen LogP) is 1.64. The number of carbonyl (C=O) groups excluding carboxylic acids is 1. The van der Waals surface area contributed by atoms with E-state index in [0.29, 0.717) is 32.0 Å². The molecule has 1 fully saturated rings. The first-order valence-electron chi connectivity index (χ1n) is 8.73. The second kappa shape index (κ2) is 9.29. The van der Waals surface area contributed by atoms with Crippen LogP contribution in [0.5, 0.6) is 0 Å². The highest BCUT2D eigenvalue weighted by Crippen LogP contribution is 2.11. The molecule has 1 atom stereocenters. The standard InChI is InChI=1S/C18H24N4O3/c23-18(19-9-5-10-24-14-16-8-4-11-25-16)17-13-22(21-20-17)12-15-6-2-1-3-7-15/h1-3,6-7,13,16H,4-5,8-12,14H2,(H,19,23). The quantitative estimate of drug-likeness (QED) is 0.700. The Kier molecular flexibility index (Phi) is 6.53. The zero-order valence-corrected chi connectivity index (χ0v) is 14.3. The minimum absolute atomic E-state index is 0.210. The van der Waals surface area contributed by atoms with Crippen molar-refractivity contribution in [3.05, 3.63) is 47.8 Å². The lowest BCUT2D eigenvalue weighted by Crippen LogP contribution is -2.26. The predicted molar refractivity (Wildman–Crippen MR) is 92.3 cm³/mol. The Labute approximate surface area is 147 Å². The van der Waals surface area contributed by atoms with Crippen LogP contribution in [0.15, 0.2) is 36.5 Å². The van der Waals surface area contributed by atoms with E-state index >= 15 is 0 Å². The molecule has 1 unspecified atom stereocenters. The van der Waals surface area contributed by atoms with Gasteiger partial charge >= 0.3 is 0 Å². The molecule has 7 heteroatoms. The van der Waals surface area contributed by atoms with Crippen LogP contribution in [0.3, 0.4) is 0 Å². The first-order valence-corrected chi connectivity index (χ1v) is 8.73. The average molecular weight is 344 g/mol. The Hall–Kier alpha value is -2.25. The summed E-state index contributed by atoms with van der Waals surface area (Å²) in [6, 6.07) is 9.94. The highest BCUT2D eigenvalue weighted by Gasteiger charge is 2.15. The van der Waals surface area contributed by atoms with Gasteiger partial charge in [0.1, 0.15) is 0 Å². The van der Waals surface area contributed by atoms with Crippen LogP contribution >= 0.6 is 0 Å². The minimum Gasteiger partial charge on any atom is -0.379 e. The SMILES string of the molecule is O=C(NCCCOCC1CCCO1)c1cn(Cc2ccccc2)nn1. The Balaban J connectivity index is 1.33. The third-order valence-corrected chi connectivity index (χ3v) is 4.04. The van der Waals surface area contributed by atoms with Gasteiger partial charge in [-0.1, -0.05) is 35.5 Å². The van der Waals surface area contributed by atoms with Gasteiger partial charge in [-0.05, 0) is 24.8 Å². The number of nitrogens with one attached hydrogen (secondary N) is 1. The van der Waals surface area contributed by atoms with E-state index in [0.717, 1.165) is 31.4 Å². The molecular weight excluding hydrogens is 320 g/mol. The molecule has 0 bridgehead atoms. The van der Waals surface area contributed by atoms with E-state index in [1.807, 2.05) is 30.3 Å². The van der Waals surface area contributed by atoms with Crippen LogP contribution in [0.25, 0.3) is 0 Å². The molecule has 134 valence electrons. The second-order valence-corrected chi connectivity index (χ2v) is 6.11. The van der Waals surface area contributed by atoms with Gasteiger partial charge in [-0.15, -0.1) is 5.10 Å². The van der Waals surface area contributed by atoms with Crippen molar-refractivity contribution in [2.45, 2.75) is 31.9 Å². The zero-order chi connectivity index (χ0) is 17.3. The highest BCUT2D eigenvalue weighted by atomic mass is 16.5. The Morgan fingerprint density at radius 3 is 3.04 bits per heavy atom. The lowest BCUT2D eigenvalue weighted by molar-refractivity contribution is 0.0166. The Morgan fingerprint density at radius 2 is 2.24 bits per heavy atom. The van der Waals surface area contributed by atoms with Crippen molar-refractivity contribution >= 4 is 5.91 Å². The van der Waals surface area contributed by atoms with E-state index in [9.17, 15) is 4.79 Å². The van der Waals surface area contributed by atoms with Crippen molar-refractivity contribution in [2.24, 2.45) is 0 Å². The number of hydrogen-bond donors (Lipinski definition) is 1. The molecule has 1 aromatic heterocycles. The van der Waals surface area contributed by atoms with E-state index < -0.39 is 0 Å². The molecule has 0 aliphatic carbocycles. The number of nitrogens with zero attached hydrogens (tertiary/aromatic N) is 3. The molecule has 1 N–H and O–H groups in total. The summed E-state index contributed by atoms with van der Waals surface area (Å²) < 4.78 is 12.7. The van der Waals surface area contributed by atoms with Crippen molar-refractivity contribution in [3.63, 3.8) is 0 Å². The fourth-order valence-corrected chi connectivity index (χ4v) is 2.71. The van der Waals surface area contributed by atoms with E-state index in [1.54, 1.807) is 10.9 Å². The van der Waals surface area contributed by atoms with Crippen molar-refractivity contribution < 1.29 is 14.3 Å². The van der Waals surface area contributed by atoms with Crippen LogP contribution < -0.4 is 5.32 Å². The number of benzene rings is 1. The van der Waals surface area contributed by atoms with Crippen molar-refractivity contribution in [1.29, 1.82) is 0 Å². The van der Waals surface area contributed by atoms with Crippen molar-refractivity contribution in [1.82, 2.24) is 20.3 Å². The number of aromatic nitrogens is 3. The lowest BCUT2D eigenvalue weighted by Gasteiger charge is -2.10. The molecule has 7 nitrogen and oxygen atoms in total. The molecule has 0 radical (unpaired) electrons. The van der Waals surface area contributed by atoms with Crippen LogP contribution in [0.4, 0.5) is 0 Å². The third-order valence-electron chi connectivity index (χ3n) is 4.04. The van der Waals surface area contributed by atoms with Crippen LogP contribution in [-0.2, 0) is 16.0 Å². The monoisotopic (exact) mass is 344 g/mol. The summed E-state index contributed by atoms with van der Waals surface area (Å²) in [7, 11) is 0. The molecule has 2 aromatic rings. The number of amides is 1. The van der Waals surface area contributed by atoms with Gasteiger partial charge in [-0.3, -0.25) is 4.79 Å². The molecule has 1 aromatic carbocycles. The van der Waals surface area contributed by atoms with Gasteiger partial charge in [0.15, 0.2) is 5.69 Å². The van der Waals surface area contributed by atoms with Gasteiger partial charge < -0.3 is 14.8 Å². The number of hydrogen-bond acceptors (Lipinski definition) is 5. The van der Waals surface area contributed by atoms with Crippen molar-refractivity contribution in [2.75, 3.05) is 26.4 Å². The fraction of sp³-hybridized carbons (Fsp3) is 0.500. The largest absolute Gasteiger partial charge is 0.379 e. The van der Waals surface area contributed by atoms with Crippen molar-refractivity contribution in [3.8, 4) is 0 Å². The minimum atomic E-state index is -0.210. The molecule has 0 saturated carbocycles. The smallest absolute Gasteiger partial charge is 0.273 e. The number of rotatable bonds is 9. The van der Waals surface area contributed by atoms with Gasteiger partial charge in [-0.25, -0.2) is 4.68 Å². The van der Waals surface area contributed by atoms with Gasteiger partial charge in [0.05, 0.1) is 25.5 Å². The Bertz CT molecular complexity index is 653. The maximum atomic E-state index is 12.1. The maximum Gasteiger partial charge on any atom is 0.273 e. The van der Waals surface area contributed by atoms with Gasteiger partial charge in [0, 0.05) is 19.8 Å².